The van der Waals surface area contributed by atoms with Crippen molar-refractivity contribution in [2.24, 2.45) is 0 Å². The van der Waals surface area contributed by atoms with Crippen molar-refractivity contribution in [1.82, 2.24) is 0 Å². The van der Waals surface area contributed by atoms with Gasteiger partial charge < -0.3 is 19.6 Å². The topological polar surface area (TPSA) is 51.9 Å². The molecule has 0 aliphatic rings. The van der Waals surface area contributed by atoms with Crippen molar-refractivity contribution in [3.63, 3.8) is 0 Å². The first-order chi connectivity index (χ1) is 7.71. The number of amides is 1. The summed E-state index contributed by atoms with van der Waals surface area (Å²) in [5, 5.41) is 2.58. The van der Waals surface area contributed by atoms with E-state index in [-0.39, 0.29) is 12.5 Å². The number of nitrogens with zero attached hydrogens (tertiary/aromatic N) is 1. The minimum absolute atomic E-state index is 0.199. The fourth-order valence-corrected chi connectivity index (χ4v) is 1.16. The molecule has 16 heavy (non-hydrogen) atoms. The lowest BCUT2D eigenvalue weighted by molar-refractivity contribution is -0.114. The van der Waals surface area contributed by atoms with Crippen LogP contribution < -0.4 is 14.8 Å². The molecule has 0 fully saturated rings. The highest BCUT2D eigenvalue weighted by Crippen LogP contribution is 2.28. The second-order valence-electron chi connectivity index (χ2n) is 2.93. The molecule has 0 aliphatic carbocycles. The molecule has 5 heteroatoms. The zero-order valence-electron chi connectivity index (χ0n) is 9.11. The van der Waals surface area contributed by atoms with Crippen molar-refractivity contribution < 1.29 is 14.3 Å². The van der Waals surface area contributed by atoms with Gasteiger partial charge in [0.05, 0.1) is 19.9 Å². The van der Waals surface area contributed by atoms with Gasteiger partial charge in [-0.05, 0) is 12.1 Å². The normalized spacial score (nSPS) is 9.06. The van der Waals surface area contributed by atoms with Gasteiger partial charge in [0.25, 0.3) is 6.54 Å². The molecule has 0 aromatic heterocycles. The fraction of sp³-hybridized carbons (Fsp3) is 0.273. The minimum atomic E-state index is -0.363. The van der Waals surface area contributed by atoms with Gasteiger partial charge in [-0.2, -0.15) is 0 Å². The SMILES string of the molecule is [C-]#[N+]CC(=O)Nc1ccc(OC)cc1OC. The molecule has 0 saturated heterocycles. The highest BCUT2D eigenvalue weighted by molar-refractivity contribution is 5.94. The molecule has 0 saturated carbocycles. The van der Waals surface area contributed by atoms with Gasteiger partial charge >= 0.3 is 5.91 Å². The predicted octanol–water partition coefficient (Wildman–Crippen LogP) is 1.56. The summed E-state index contributed by atoms with van der Waals surface area (Å²) in [6, 6.07) is 5.03. The third-order valence-electron chi connectivity index (χ3n) is 1.91. The maximum absolute atomic E-state index is 11.2. The first kappa shape index (κ1) is 11.9. The molecular weight excluding hydrogens is 208 g/mol. The molecule has 0 bridgehead atoms. The summed E-state index contributed by atoms with van der Waals surface area (Å²) in [4.78, 5) is 14.2. The van der Waals surface area contributed by atoms with Crippen molar-refractivity contribution in [1.29, 1.82) is 0 Å². The summed E-state index contributed by atoms with van der Waals surface area (Å²) in [6.07, 6.45) is 0. The second kappa shape index (κ2) is 5.61. The Balaban J connectivity index is 2.88. The molecule has 1 aromatic rings. The Kier molecular flexibility index (Phi) is 4.16. The Labute approximate surface area is 93.8 Å². The Morgan fingerprint density at radius 3 is 2.75 bits per heavy atom. The molecule has 0 unspecified atom stereocenters. The number of ether oxygens (including phenoxy) is 2. The van der Waals surface area contributed by atoms with E-state index < -0.39 is 0 Å². The Morgan fingerprint density at radius 2 is 2.19 bits per heavy atom. The molecule has 84 valence electrons. The molecule has 5 nitrogen and oxygen atoms in total. The Hall–Kier alpha value is -2.22. The number of benzene rings is 1. The molecule has 0 spiro atoms. The van der Waals surface area contributed by atoms with Crippen molar-refractivity contribution in [2.75, 3.05) is 26.1 Å². The van der Waals surface area contributed by atoms with Crippen LogP contribution in [0.3, 0.4) is 0 Å². The smallest absolute Gasteiger partial charge is 0.304 e. The number of hydrogen-bond acceptors (Lipinski definition) is 3. The first-order valence-electron chi connectivity index (χ1n) is 4.56. The lowest BCUT2D eigenvalue weighted by Gasteiger charge is -2.09. The standard InChI is InChI=1S/C11H12N2O3/c1-12-7-11(14)13-9-5-4-8(15-2)6-10(9)16-3/h4-6H,7H2,2-3H3,(H,13,14). The van der Waals surface area contributed by atoms with Crippen LogP contribution in [0.25, 0.3) is 4.85 Å². The summed E-state index contributed by atoms with van der Waals surface area (Å²) in [5.41, 5.74) is 0.525. The Bertz CT molecular complexity index is 424. The number of carbonyl (C=O) groups is 1. The zero-order chi connectivity index (χ0) is 12.0. The third kappa shape index (κ3) is 2.89. The van der Waals surface area contributed by atoms with E-state index in [4.69, 9.17) is 16.0 Å². The summed E-state index contributed by atoms with van der Waals surface area (Å²) in [5.74, 6) is 0.774. The van der Waals surface area contributed by atoms with Gasteiger partial charge in [0.1, 0.15) is 11.5 Å². The van der Waals surface area contributed by atoms with Crippen molar-refractivity contribution in [3.05, 3.63) is 29.6 Å². The van der Waals surface area contributed by atoms with Gasteiger partial charge in [-0.1, -0.05) is 0 Å². The number of rotatable bonds is 4. The molecule has 1 aromatic carbocycles. The van der Waals surface area contributed by atoms with Gasteiger partial charge in [0, 0.05) is 6.07 Å². The van der Waals surface area contributed by atoms with E-state index in [0.717, 1.165) is 0 Å². The van der Waals surface area contributed by atoms with E-state index in [1.807, 2.05) is 0 Å². The van der Waals surface area contributed by atoms with E-state index in [1.165, 1.54) is 7.11 Å². The van der Waals surface area contributed by atoms with E-state index in [9.17, 15) is 4.79 Å². The quantitative estimate of drug-likeness (QED) is 0.783. The summed E-state index contributed by atoms with van der Waals surface area (Å²) in [6.45, 7) is 6.38. The van der Waals surface area contributed by atoms with Crippen LogP contribution in [0.5, 0.6) is 11.5 Å². The van der Waals surface area contributed by atoms with Crippen molar-refractivity contribution in [3.8, 4) is 11.5 Å². The number of nitrogens with one attached hydrogen (secondary N) is 1. The molecule has 0 radical (unpaired) electrons. The van der Waals surface area contributed by atoms with E-state index in [1.54, 1.807) is 25.3 Å². The minimum Gasteiger partial charge on any atom is -0.497 e. The average Bonchev–Trinajstić information content (AvgIpc) is 2.30. The number of hydrogen-bond donors (Lipinski definition) is 1. The van der Waals surface area contributed by atoms with Crippen molar-refractivity contribution >= 4 is 11.6 Å². The monoisotopic (exact) mass is 220 g/mol. The average molecular weight is 220 g/mol. The molecule has 0 aliphatic heterocycles. The number of anilines is 1. The first-order valence-corrected chi connectivity index (χ1v) is 4.56. The van der Waals surface area contributed by atoms with Crippen LogP contribution in [0.15, 0.2) is 18.2 Å². The van der Waals surface area contributed by atoms with Gasteiger partial charge in [0.2, 0.25) is 0 Å². The molecule has 1 rings (SSSR count). The van der Waals surface area contributed by atoms with Crippen LogP contribution in [-0.2, 0) is 4.79 Å². The summed E-state index contributed by atoms with van der Waals surface area (Å²) >= 11 is 0. The zero-order valence-corrected chi connectivity index (χ0v) is 9.11. The highest BCUT2D eigenvalue weighted by Gasteiger charge is 2.09. The number of carbonyl (C=O) groups excluding carboxylic acids is 1. The molecule has 0 atom stereocenters. The van der Waals surface area contributed by atoms with Crippen LogP contribution in [-0.4, -0.2) is 26.7 Å². The van der Waals surface area contributed by atoms with Crippen LogP contribution >= 0.6 is 0 Å². The molecule has 1 amide bonds. The van der Waals surface area contributed by atoms with Crippen LogP contribution in [0.2, 0.25) is 0 Å². The van der Waals surface area contributed by atoms with E-state index in [0.29, 0.717) is 17.2 Å². The van der Waals surface area contributed by atoms with Crippen LogP contribution in [0, 0.1) is 6.57 Å². The second-order valence-corrected chi connectivity index (χ2v) is 2.93. The number of methoxy groups -OCH3 is 2. The van der Waals surface area contributed by atoms with Gasteiger partial charge in [-0.3, -0.25) is 4.79 Å². The lowest BCUT2D eigenvalue weighted by Crippen LogP contribution is -2.14. The fourth-order valence-electron chi connectivity index (χ4n) is 1.16. The van der Waals surface area contributed by atoms with Crippen molar-refractivity contribution in [2.45, 2.75) is 0 Å². The van der Waals surface area contributed by atoms with Crippen LogP contribution in [0.1, 0.15) is 0 Å². The molecule has 1 N–H and O–H groups in total. The summed E-state index contributed by atoms with van der Waals surface area (Å²) in [7, 11) is 3.05. The lowest BCUT2D eigenvalue weighted by atomic mass is 10.2. The third-order valence-corrected chi connectivity index (χ3v) is 1.91. The highest BCUT2D eigenvalue weighted by atomic mass is 16.5. The molecular formula is C11H12N2O3. The maximum Gasteiger partial charge on any atom is 0.304 e. The molecule has 0 heterocycles. The van der Waals surface area contributed by atoms with E-state index in [2.05, 4.69) is 10.2 Å². The largest absolute Gasteiger partial charge is 0.497 e. The van der Waals surface area contributed by atoms with Gasteiger partial charge in [0.15, 0.2) is 0 Å². The maximum atomic E-state index is 11.2. The predicted molar refractivity (Wildman–Crippen MR) is 59.6 cm³/mol. The Morgan fingerprint density at radius 1 is 1.44 bits per heavy atom. The van der Waals surface area contributed by atoms with Gasteiger partial charge in [-0.15, -0.1) is 0 Å². The van der Waals surface area contributed by atoms with Crippen LogP contribution in [0.4, 0.5) is 5.69 Å². The van der Waals surface area contributed by atoms with Gasteiger partial charge in [-0.25, -0.2) is 6.57 Å². The summed E-state index contributed by atoms with van der Waals surface area (Å²) < 4.78 is 10.1. The van der Waals surface area contributed by atoms with E-state index >= 15 is 0 Å².